The molecule has 0 heterocycles. The monoisotopic (exact) mass is 268 g/mol. The van der Waals surface area contributed by atoms with E-state index in [2.05, 4.69) is 19.3 Å². The Morgan fingerprint density at radius 2 is 1.94 bits per heavy atom. The third kappa shape index (κ3) is 10.7. The number of hydrazine groups is 1. The molecule has 0 aromatic heterocycles. The van der Waals surface area contributed by atoms with E-state index in [1.165, 1.54) is 6.26 Å². The van der Waals surface area contributed by atoms with Crippen LogP contribution in [0.4, 0.5) is 0 Å². The maximum atomic E-state index is 10.9. The molecule has 6 heteroatoms. The summed E-state index contributed by atoms with van der Waals surface area (Å²) in [7, 11) is -2.84. The summed E-state index contributed by atoms with van der Waals surface area (Å²) >= 11 is 1.86. The lowest BCUT2D eigenvalue weighted by molar-refractivity contribution is 0.528. The average molecular weight is 268 g/mol. The smallest absolute Gasteiger partial charge is 0.147 e. The predicted molar refractivity (Wildman–Crippen MR) is 72.2 cm³/mol. The van der Waals surface area contributed by atoms with Gasteiger partial charge in [0.1, 0.15) is 9.84 Å². The van der Waals surface area contributed by atoms with Crippen molar-refractivity contribution < 1.29 is 8.42 Å². The lowest BCUT2D eigenvalue weighted by atomic mass is 10.2. The number of sulfone groups is 1. The fourth-order valence-electron chi connectivity index (χ4n) is 1.25. The molecule has 1 atom stereocenters. The van der Waals surface area contributed by atoms with Crippen molar-refractivity contribution in [2.24, 2.45) is 11.8 Å². The summed E-state index contributed by atoms with van der Waals surface area (Å²) in [5.41, 5.74) is 2.75. The van der Waals surface area contributed by atoms with Crippen LogP contribution in [0.5, 0.6) is 0 Å². The summed E-state index contributed by atoms with van der Waals surface area (Å²) in [6.07, 6.45) is 2.76. The number of thioether (sulfide) groups is 1. The largest absolute Gasteiger partial charge is 0.271 e. The molecular formula is C10H24N2O2S2. The molecule has 0 amide bonds. The summed E-state index contributed by atoms with van der Waals surface area (Å²) in [5, 5.41) is 0. The molecule has 16 heavy (non-hydrogen) atoms. The van der Waals surface area contributed by atoms with E-state index in [1.807, 2.05) is 11.8 Å². The highest BCUT2D eigenvalue weighted by molar-refractivity contribution is 7.99. The Hall–Kier alpha value is 0.220. The second-order valence-corrected chi connectivity index (χ2v) is 7.90. The molecule has 98 valence electrons. The molecule has 0 spiro atoms. The van der Waals surface area contributed by atoms with Gasteiger partial charge in [-0.15, -0.1) is 0 Å². The van der Waals surface area contributed by atoms with Crippen molar-refractivity contribution in [1.29, 1.82) is 0 Å². The molecule has 0 radical (unpaired) electrons. The van der Waals surface area contributed by atoms with Crippen LogP contribution in [0.25, 0.3) is 0 Å². The minimum Gasteiger partial charge on any atom is -0.271 e. The highest BCUT2D eigenvalue weighted by atomic mass is 32.2. The van der Waals surface area contributed by atoms with Crippen molar-refractivity contribution in [3.63, 3.8) is 0 Å². The first-order chi connectivity index (χ1) is 7.35. The maximum absolute atomic E-state index is 10.9. The van der Waals surface area contributed by atoms with Gasteiger partial charge in [-0.3, -0.25) is 11.3 Å². The van der Waals surface area contributed by atoms with Crippen LogP contribution in [-0.4, -0.2) is 38.0 Å². The summed E-state index contributed by atoms with van der Waals surface area (Å²) < 4.78 is 21.9. The molecular weight excluding hydrogens is 244 g/mol. The van der Waals surface area contributed by atoms with Crippen LogP contribution in [0.15, 0.2) is 0 Å². The Kier molecular flexibility index (Phi) is 8.45. The molecule has 0 aliphatic carbocycles. The number of rotatable bonds is 9. The molecule has 0 fully saturated rings. The van der Waals surface area contributed by atoms with Gasteiger partial charge in [-0.2, -0.15) is 11.8 Å². The molecule has 0 aliphatic rings. The highest BCUT2D eigenvalue weighted by Crippen LogP contribution is 2.11. The Labute approximate surface area is 104 Å². The molecule has 0 saturated heterocycles. The summed E-state index contributed by atoms with van der Waals surface area (Å²) in [6, 6.07) is 0.213. The van der Waals surface area contributed by atoms with E-state index in [-0.39, 0.29) is 11.8 Å². The maximum Gasteiger partial charge on any atom is 0.147 e. The Balaban J connectivity index is 3.67. The van der Waals surface area contributed by atoms with Crippen LogP contribution >= 0.6 is 11.8 Å². The molecule has 0 saturated carbocycles. The van der Waals surface area contributed by atoms with Gasteiger partial charge >= 0.3 is 0 Å². The van der Waals surface area contributed by atoms with Gasteiger partial charge in [0.2, 0.25) is 0 Å². The molecule has 0 aromatic rings. The first kappa shape index (κ1) is 16.2. The molecule has 0 bridgehead atoms. The minimum absolute atomic E-state index is 0.213. The van der Waals surface area contributed by atoms with Gasteiger partial charge in [0.15, 0.2) is 0 Å². The van der Waals surface area contributed by atoms with Gasteiger partial charge in [-0.05, 0) is 24.5 Å². The third-order valence-corrected chi connectivity index (χ3v) is 4.64. The normalized spacial score (nSPS) is 14.3. The van der Waals surface area contributed by atoms with Crippen molar-refractivity contribution in [3.8, 4) is 0 Å². The van der Waals surface area contributed by atoms with Gasteiger partial charge in [0.25, 0.3) is 0 Å². The molecule has 1 unspecified atom stereocenters. The van der Waals surface area contributed by atoms with E-state index in [4.69, 9.17) is 5.84 Å². The second-order valence-electron chi connectivity index (χ2n) is 4.57. The van der Waals surface area contributed by atoms with Gasteiger partial charge in [-0.1, -0.05) is 13.8 Å². The van der Waals surface area contributed by atoms with Crippen LogP contribution in [0.3, 0.4) is 0 Å². The van der Waals surface area contributed by atoms with Crippen molar-refractivity contribution in [3.05, 3.63) is 0 Å². The van der Waals surface area contributed by atoms with E-state index >= 15 is 0 Å². The van der Waals surface area contributed by atoms with Crippen LogP contribution in [0.1, 0.15) is 26.7 Å². The zero-order valence-corrected chi connectivity index (χ0v) is 12.0. The van der Waals surface area contributed by atoms with Gasteiger partial charge < -0.3 is 0 Å². The van der Waals surface area contributed by atoms with Crippen molar-refractivity contribution in [2.45, 2.75) is 32.7 Å². The Morgan fingerprint density at radius 1 is 1.31 bits per heavy atom. The van der Waals surface area contributed by atoms with E-state index in [9.17, 15) is 8.42 Å². The second kappa shape index (κ2) is 8.33. The number of nitrogens with one attached hydrogen (secondary N) is 1. The SMILES string of the molecule is CC(C)CSCC(CCCS(C)(=O)=O)NN. The molecule has 3 N–H and O–H groups in total. The topological polar surface area (TPSA) is 72.2 Å². The lowest BCUT2D eigenvalue weighted by Crippen LogP contribution is -2.37. The van der Waals surface area contributed by atoms with Crippen LogP contribution < -0.4 is 11.3 Å². The van der Waals surface area contributed by atoms with Crippen molar-refractivity contribution in [1.82, 2.24) is 5.43 Å². The average Bonchev–Trinajstić information content (AvgIpc) is 2.13. The Bertz CT molecular complexity index is 266. The predicted octanol–water partition coefficient (Wildman–Crippen LogP) is 1.03. The highest BCUT2D eigenvalue weighted by Gasteiger charge is 2.09. The van der Waals surface area contributed by atoms with Crippen molar-refractivity contribution in [2.75, 3.05) is 23.5 Å². The molecule has 0 aliphatic heterocycles. The quantitative estimate of drug-likeness (QED) is 0.483. The first-order valence-electron chi connectivity index (χ1n) is 5.56. The first-order valence-corrected chi connectivity index (χ1v) is 8.78. The van der Waals surface area contributed by atoms with Crippen LogP contribution in [-0.2, 0) is 9.84 Å². The standard InChI is InChI=1S/C10H24N2O2S2/c1-9(2)7-15-8-10(12-11)5-4-6-16(3,13)14/h9-10,12H,4-8,11H2,1-3H3. The van der Waals surface area contributed by atoms with Crippen LogP contribution in [0, 0.1) is 5.92 Å². The van der Waals surface area contributed by atoms with Gasteiger partial charge in [0, 0.05) is 23.8 Å². The van der Waals surface area contributed by atoms with Gasteiger partial charge in [-0.25, -0.2) is 8.42 Å². The fourth-order valence-corrected chi connectivity index (χ4v) is 3.10. The number of hydrogen-bond donors (Lipinski definition) is 2. The summed E-state index contributed by atoms with van der Waals surface area (Å²) in [5.74, 6) is 8.41. The minimum atomic E-state index is -2.84. The summed E-state index contributed by atoms with van der Waals surface area (Å²) in [6.45, 7) is 4.36. The lowest BCUT2D eigenvalue weighted by Gasteiger charge is -2.15. The number of nitrogens with two attached hydrogens (primary N) is 1. The number of hydrogen-bond acceptors (Lipinski definition) is 5. The molecule has 0 aromatic carbocycles. The van der Waals surface area contributed by atoms with E-state index < -0.39 is 9.84 Å². The van der Waals surface area contributed by atoms with Gasteiger partial charge in [0.05, 0.1) is 0 Å². The zero-order valence-electron chi connectivity index (χ0n) is 10.4. The van der Waals surface area contributed by atoms with E-state index in [0.717, 1.165) is 17.9 Å². The van der Waals surface area contributed by atoms with E-state index in [1.54, 1.807) is 0 Å². The van der Waals surface area contributed by atoms with Crippen molar-refractivity contribution >= 4 is 21.6 Å². The molecule has 0 rings (SSSR count). The molecule has 4 nitrogen and oxygen atoms in total. The van der Waals surface area contributed by atoms with Crippen LogP contribution in [0.2, 0.25) is 0 Å². The fraction of sp³-hybridized carbons (Fsp3) is 1.00. The zero-order chi connectivity index (χ0) is 12.6. The Morgan fingerprint density at radius 3 is 2.38 bits per heavy atom. The summed E-state index contributed by atoms with van der Waals surface area (Å²) in [4.78, 5) is 0. The van der Waals surface area contributed by atoms with E-state index in [0.29, 0.717) is 12.3 Å². The third-order valence-electron chi connectivity index (χ3n) is 2.07.